The Labute approximate surface area is 259 Å². The number of carbonyl (C=O) groups is 1. The number of nitrogens with two attached hydrogens (primary N) is 1. The zero-order chi connectivity index (χ0) is 31.4. The molecule has 13 heteroatoms. The average molecular weight is 623 g/mol. The van der Waals surface area contributed by atoms with Crippen molar-refractivity contribution in [2.24, 2.45) is 5.73 Å². The lowest BCUT2D eigenvalue weighted by atomic mass is 10.0. The number of rotatable bonds is 10. The van der Waals surface area contributed by atoms with Crippen molar-refractivity contribution in [3.8, 4) is 5.75 Å². The van der Waals surface area contributed by atoms with Crippen LogP contribution >= 0.6 is 0 Å². The number of nitrogens with one attached hydrogen (secondary N) is 1. The Bertz CT molecular complexity index is 1590. The monoisotopic (exact) mass is 622 g/mol. The summed E-state index contributed by atoms with van der Waals surface area (Å²) >= 11 is 0. The van der Waals surface area contributed by atoms with Gasteiger partial charge in [-0.1, -0.05) is 18.2 Å². The maximum atomic E-state index is 12.2. The topological polar surface area (TPSA) is 137 Å². The number of sulfonamides is 1. The van der Waals surface area contributed by atoms with E-state index < -0.39 is 15.9 Å². The van der Waals surface area contributed by atoms with Gasteiger partial charge in [-0.15, -0.1) is 0 Å². The van der Waals surface area contributed by atoms with E-state index in [4.69, 9.17) is 10.5 Å². The summed E-state index contributed by atoms with van der Waals surface area (Å²) in [4.78, 5) is 28.7. The van der Waals surface area contributed by atoms with Gasteiger partial charge in [0, 0.05) is 82.3 Å². The van der Waals surface area contributed by atoms with Crippen LogP contribution in [0.5, 0.6) is 5.75 Å². The number of piperidine rings is 1. The van der Waals surface area contributed by atoms with Crippen LogP contribution in [-0.4, -0.2) is 107 Å². The number of primary amides is 1. The summed E-state index contributed by atoms with van der Waals surface area (Å²) < 4.78 is 31.4. The van der Waals surface area contributed by atoms with Gasteiger partial charge in [0.05, 0.1) is 24.7 Å². The molecule has 2 aliphatic heterocycles. The van der Waals surface area contributed by atoms with Gasteiger partial charge in [-0.05, 0) is 38.1 Å². The average Bonchev–Trinajstić information content (AvgIpc) is 3.01. The molecule has 3 N–H and O–H groups in total. The Balaban J connectivity index is 1.32. The largest absolute Gasteiger partial charge is 0.496 e. The van der Waals surface area contributed by atoms with E-state index in [1.54, 1.807) is 31.4 Å². The summed E-state index contributed by atoms with van der Waals surface area (Å²) in [6.45, 7) is 6.57. The lowest BCUT2D eigenvalue weighted by Crippen LogP contribution is -2.52. The van der Waals surface area contributed by atoms with Gasteiger partial charge < -0.3 is 25.6 Å². The van der Waals surface area contributed by atoms with Crippen molar-refractivity contribution in [2.75, 3.05) is 81.3 Å². The molecule has 0 spiro atoms. The van der Waals surface area contributed by atoms with Gasteiger partial charge in [0.15, 0.2) is 0 Å². The van der Waals surface area contributed by atoms with Crippen LogP contribution in [0.15, 0.2) is 48.7 Å². The lowest BCUT2D eigenvalue weighted by molar-refractivity contribution is 0.0982. The van der Waals surface area contributed by atoms with Crippen LogP contribution in [0, 0.1) is 0 Å². The van der Waals surface area contributed by atoms with E-state index in [9.17, 15) is 13.2 Å². The third-order valence-electron chi connectivity index (χ3n) is 8.60. The third-order valence-corrected chi connectivity index (χ3v) is 9.79. The Morgan fingerprint density at radius 2 is 1.80 bits per heavy atom. The highest BCUT2D eigenvalue weighted by atomic mass is 32.2. The molecule has 3 aromatic rings. The van der Waals surface area contributed by atoms with Crippen molar-refractivity contribution in [1.29, 1.82) is 0 Å². The van der Waals surface area contributed by atoms with Crippen molar-refractivity contribution in [3.63, 3.8) is 0 Å². The summed E-state index contributed by atoms with van der Waals surface area (Å²) in [5.74, 6) is 0.674. The fourth-order valence-corrected chi connectivity index (χ4v) is 6.38. The van der Waals surface area contributed by atoms with Crippen LogP contribution in [0.4, 0.5) is 22.9 Å². The number of amides is 1. The van der Waals surface area contributed by atoms with E-state index in [1.807, 2.05) is 6.07 Å². The van der Waals surface area contributed by atoms with E-state index >= 15 is 0 Å². The molecule has 1 amide bonds. The summed E-state index contributed by atoms with van der Waals surface area (Å²) in [6, 6.07) is 13.7. The molecule has 2 saturated heterocycles. The molecule has 0 radical (unpaired) electrons. The van der Waals surface area contributed by atoms with Crippen LogP contribution in [0.25, 0.3) is 0 Å². The molecule has 0 saturated carbocycles. The maximum absolute atomic E-state index is 12.2. The highest BCUT2D eigenvalue weighted by Gasteiger charge is 2.27. The molecule has 12 nitrogen and oxygen atoms in total. The molecule has 5 rings (SSSR count). The molecule has 0 aliphatic carbocycles. The third kappa shape index (κ3) is 7.22. The number of aromatic nitrogens is 2. The lowest BCUT2D eigenvalue weighted by Gasteiger charge is -2.42. The number of carbonyl (C=O) groups excluding carboxylic acids is 1. The summed E-state index contributed by atoms with van der Waals surface area (Å²) in [5, 5.41) is 3.11. The molecule has 2 aliphatic rings. The smallest absolute Gasteiger partial charge is 0.254 e. The first-order valence-electron chi connectivity index (χ1n) is 14.8. The van der Waals surface area contributed by atoms with Crippen molar-refractivity contribution >= 4 is 38.8 Å². The minimum atomic E-state index is -3.53. The predicted molar refractivity (Wildman–Crippen MR) is 174 cm³/mol. The summed E-state index contributed by atoms with van der Waals surface area (Å²) in [5.41, 5.74) is 8.60. The number of para-hydroxylation sites is 2. The van der Waals surface area contributed by atoms with Crippen LogP contribution in [0.1, 0.15) is 34.6 Å². The van der Waals surface area contributed by atoms with Gasteiger partial charge in [0.1, 0.15) is 23.0 Å². The molecule has 3 heterocycles. The Kier molecular flexibility index (Phi) is 9.56. The number of likely N-dealkylation sites (N-methyl/N-ethyl adjacent to an activating group) is 1. The molecular formula is C31H42N8O4S. The van der Waals surface area contributed by atoms with E-state index in [1.165, 1.54) is 13.2 Å². The minimum Gasteiger partial charge on any atom is -0.496 e. The first kappa shape index (κ1) is 31.5. The number of piperazine rings is 1. The normalized spacial score (nSPS) is 17.0. The molecule has 2 aromatic carbocycles. The summed E-state index contributed by atoms with van der Waals surface area (Å²) in [7, 11) is 1.78. The highest BCUT2D eigenvalue weighted by Crippen LogP contribution is 2.32. The van der Waals surface area contributed by atoms with E-state index in [0.29, 0.717) is 29.7 Å². The first-order chi connectivity index (χ1) is 21.0. The zero-order valence-corrected chi connectivity index (χ0v) is 26.7. The molecule has 236 valence electrons. The zero-order valence-electron chi connectivity index (χ0n) is 25.9. The SMILES string of the molecule is COc1cc(N2CCC(N3CCN(C)CC3)CC2)ccc1Cc1ncc(C(N)=O)c(Nc2ccccc2N(C)S(C)(=O)=O)n1. The fourth-order valence-electron chi connectivity index (χ4n) is 5.86. The van der Waals surface area contributed by atoms with Crippen molar-refractivity contribution in [3.05, 3.63) is 65.6 Å². The number of hydrogen-bond donors (Lipinski definition) is 2. The van der Waals surface area contributed by atoms with Crippen LogP contribution < -0.4 is 25.0 Å². The van der Waals surface area contributed by atoms with Gasteiger partial charge >= 0.3 is 0 Å². The Morgan fingerprint density at radius 1 is 1.09 bits per heavy atom. The van der Waals surface area contributed by atoms with Gasteiger partial charge in [0.2, 0.25) is 10.0 Å². The second-order valence-corrected chi connectivity index (χ2v) is 13.5. The first-order valence-corrected chi connectivity index (χ1v) is 16.7. The number of anilines is 4. The molecule has 0 bridgehead atoms. The number of methoxy groups -OCH3 is 1. The van der Waals surface area contributed by atoms with Gasteiger partial charge in [-0.2, -0.15) is 0 Å². The minimum absolute atomic E-state index is 0.0906. The molecular weight excluding hydrogens is 580 g/mol. The van der Waals surface area contributed by atoms with E-state index in [-0.39, 0.29) is 11.4 Å². The standard InChI is InChI=1S/C31H42N8O4S/c1-36-15-17-39(18-16-36)23-11-13-38(14-12-23)24-10-9-22(28(20-24)43-3)19-29-33-21-25(30(32)40)31(35-29)34-26-7-5-6-8-27(26)37(2)44(4,41)42/h5-10,20-21,23H,11-19H2,1-4H3,(H2,32,40)(H,33,34,35). The van der Waals surface area contributed by atoms with Crippen molar-refractivity contribution in [1.82, 2.24) is 19.8 Å². The molecule has 44 heavy (non-hydrogen) atoms. The Hall–Kier alpha value is -3.94. The summed E-state index contributed by atoms with van der Waals surface area (Å²) in [6.07, 6.45) is 5.16. The van der Waals surface area contributed by atoms with Crippen molar-refractivity contribution < 1.29 is 17.9 Å². The number of nitrogens with zero attached hydrogens (tertiary/aromatic N) is 6. The van der Waals surface area contributed by atoms with E-state index in [2.05, 4.69) is 49.2 Å². The number of benzene rings is 2. The quantitative estimate of drug-likeness (QED) is 0.347. The predicted octanol–water partition coefficient (Wildman–Crippen LogP) is 2.53. The fraction of sp³-hybridized carbons (Fsp3) is 0.452. The second-order valence-electron chi connectivity index (χ2n) is 11.5. The van der Waals surface area contributed by atoms with E-state index in [0.717, 1.165) is 79.7 Å². The van der Waals surface area contributed by atoms with Crippen LogP contribution in [0.3, 0.4) is 0 Å². The molecule has 2 fully saturated rings. The highest BCUT2D eigenvalue weighted by molar-refractivity contribution is 7.92. The van der Waals surface area contributed by atoms with Crippen LogP contribution in [0.2, 0.25) is 0 Å². The number of hydrogen-bond acceptors (Lipinski definition) is 10. The number of ether oxygens (including phenoxy) is 1. The molecule has 0 unspecified atom stereocenters. The Morgan fingerprint density at radius 3 is 2.45 bits per heavy atom. The van der Waals surface area contributed by atoms with Gasteiger partial charge in [0.25, 0.3) is 5.91 Å². The molecule has 1 aromatic heterocycles. The maximum Gasteiger partial charge on any atom is 0.254 e. The van der Waals surface area contributed by atoms with Crippen LogP contribution in [-0.2, 0) is 16.4 Å². The van der Waals surface area contributed by atoms with Crippen molar-refractivity contribution in [2.45, 2.75) is 25.3 Å². The molecule has 0 atom stereocenters. The van der Waals surface area contributed by atoms with Gasteiger partial charge in [-0.25, -0.2) is 18.4 Å². The second kappa shape index (κ2) is 13.4. The van der Waals surface area contributed by atoms with Gasteiger partial charge in [-0.3, -0.25) is 14.0 Å².